The fourth-order valence-corrected chi connectivity index (χ4v) is 5.03. The number of nitrogens with one attached hydrogen (secondary N) is 1. The number of hydrogen-bond acceptors (Lipinski definition) is 6. The molecule has 1 atom stereocenters. The summed E-state index contributed by atoms with van der Waals surface area (Å²) in [6.45, 7) is 10.0. The Bertz CT molecular complexity index is 840. The topological polar surface area (TPSA) is 99.1 Å². The van der Waals surface area contributed by atoms with Gasteiger partial charge in [0.15, 0.2) is 0 Å². The highest BCUT2D eigenvalue weighted by molar-refractivity contribution is 5.97. The Morgan fingerprint density at radius 2 is 1.68 bits per heavy atom. The van der Waals surface area contributed by atoms with Crippen molar-refractivity contribution in [2.75, 3.05) is 19.6 Å². The van der Waals surface area contributed by atoms with Gasteiger partial charge >= 0.3 is 5.97 Å². The van der Waals surface area contributed by atoms with E-state index in [9.17, 15) is 19.8 Å². The van der Waals surface area contributed by atoms with E-state index >= 15 is 0 Å². The summed E-state index contributed by atoms with van der Waals surface area (Å²) >= 11 is 0. The molecule has 1 aromatic rings. The van der Waals surface area contributed by atoms with E-state index in [1.807, 2.05) is 13.8 Å². The van der Waals surface area contributed by atoms with Crippen molar-refractivity contribution in [1.82, 2.24) is 10.2 Å². The van der Waals surface area contributed by atoms with E-state index < -0.39 is 0 Å². The maximum absolute atomic E-state index is 13.1. The third kappa shape index (κ3) is 6.87. The van der Waals surface area contributed by atoms with Crippen molar-refractivity contribution in [3.8, 4) is 11.5 Å². The number of hydrogen-bond donors (Lipinski definition) is 3. The van der Waals surface area contributed by atoms with Gasteiger partial charge in [0.1, 0.15) is 23.6 Å². The number of carbonyl (C=O) groups excluding carboxylic acids is 2. The maximum Gasteiger partial charge on any atom is 0.323 e. The summed E-state index contributed by atoms with van der Waals surface area (Å²) in [6.07, 6.45) is 6.72. The monoisotopic (exact) mass is 474 g/mol. The first-order valence-electron chi connectivity index (χ1n) is 12.9. The normalized spacial score (nSPS) is 18.6. The fourth-order valence-electron chi connectivity index (χ4n) is 5.03. The predicted molar refractivity (Wildman–Crippen MR) is 132 cm³/mol. The van der Waals surface area contributed by atoms with Crippen molar-refractivity contribution < 1.29 is 24.5 Å². The van der Waals surface area contributed by atoms with Crippen LogP contribution >= 0.6 is 0 Å². The van der Waals surface area contributed by atoms with Gasteiger partial charge in [-0.15, -0.1) is 0 Å². The minimum atomic E-state index is -0.288. The molecule has 3 rings (SSSR count). The lowest BCUT2D eigenvalue weighted by atomic mass is 9.94. The van der Waals surface area contributed by atoms with Crippen molar-refractivity contribution in [2.24, 2.45) is 11.8 Å². The smallest absolute Gasteiger partial charge is 0.323 e. The molecule has 0 aromatic heterocycles. The highest BCUT2D eigenvalue weighted by atomic mass is 16.5. The van der Waals surface area contributed by atoms with Gasteiger partial charge in [-0.25, -0.2) is 0 Å². The van der Waals surface area contributed by atoms with E-state index in [2.05, 4.69) is 19.2 Å². The molecule has 2 fully saturated rings. The van der Waals surface area contributed by atoms with Crippen LogP contribution < -0.4 is 5.32 Å². The summed E-state index contributed by atoms with van der Waals surface area (Å²) in [5.74, 6) is 0.299. The minimum Gasteiger partial charge on any atom is -0.508 e. The largest absolute Gasteiger partial charge is 0.508 e. The Kier molecular flexibility index (Phi) is 9.23. The maximum atomic E-state index is 13.1. The number of esters is 1. The third-order valence-electron chi connectivity index (χ3n) is 7.13. The summed E-state index contributed by atoms with van der Waals surface area (Å²) in [5.41, 5.74) is 0.894. The Balaban J connectivity index is 1.53. The van der Waals surface area contributed by atoms with Gasteiger partial charge in [0.05, 0.1) is 5.56 Å². The van der Waals surface area contributed by atoms with Crippen molar-refractivity contribution in [1.29, 1.82) is 0 Å². The Labute approximate surface area is 203 Å². The lowest BCUT2D eigenvalue weighted by molar-refractivity contribution is -0.151. The van der Waals surface area contributed by atoms with Crippen molar-refractivity contribution in [3.05, 3.63) is 23.3 Å². The standard InChI is InChI=1S/C27H42N2O5/c1-17(2)13-23(27(33)34-20-7-5-6-8-20)28-16-19-9-11-29(12-10-19)26(32)22-14-21(18(3)4)24(30)15-25(22)31/h14-15,17-20,23,28,30-31H,5-13,16H2,1-4H3/t23-/m0/s1. The lowest BCUT2D eigenvalue weighted by Gasteiger charge is -2.33. The highest BCUT2D eigenvalue weighted by Crippen LogP contribution is 2.33. The zero-order valence-corrected chi connectivity index (χ0v) is 21.2. The third-order valence-corrected chi connectivity index (χ3v) is 7.13. The molecule has 0 unspecified atom stereocenters. The molecule has 7 heteroatoms. The molecule has 1 heterocycles. The van der Waals surface area contributed by atoms with E-state index in [0.29, 0.717) is 30.5 Å². The number of likely N-dealkylation sites (tertiary alicyclic amines) is 1. The summed E-state index contributed by atoms with van der Waals surface area (Å²) in [4.78, 5) is 27.6. The SMILES string of the molecule is CC(C)C[C@H](NCC1CCN(C(=O)c2cc(C(C)C)c(O)cc2O)CC1)C(=O)OC1CCCC1. The fraction of sp³-hybridized carbons (Fsp3) is 0.704. The molecule has 1 amide bonds. The molecule has 190 valence electrons. The molecule has 2 aliphatic rings. The highest BCUT2D eigenvalue weighted by Gasteiger charge is 2.29. The molecule has 1 aliphatic heterocycles. The van der Waals surface area contributed by atoms with Crippen LogP contribution in [0.25, 0.3) is 0 Å². The van der Waals surface area contributed by atoms with Crippen LogP contribution in [0.3, 0.4) is 0 Å². The van der Waals surface area contributed by atoms with E-state index in [-0.39, 0.29) is 47.0 Å². The first-order valence-corrected chi connectivity index (χ1v) is 12.9. The van der Waals surface area contributed by atoms with Gasteiger partial charge < -0.3 is 25.2 Å². The number of rotatable bonds is 9. The number of phenols is 2. The number of nitrogens with zero attached hydrogens (tertiary/aromatic N) is 1. The van der Waals surface area contributed by atoms with Gasteiger partial charge in [-0.1, -0.05) is 27.7 Å². The van der Waals surface area contributed by atoms with E-state index in [0.717, 1.165) is 51.5 Å². The molecule has 0 bridgehead atoms. The molecule has 0 radical (unpaired) electrons. The Morgan fingerprint density at radius 1 is 1.03 bits per heavy atom. The predicted octanol–water partition coefficient (Wildman–Crippen LogP) is 4.56. The molecular formula is C27H42N2O5. The van der Waals surface area contributed by atoms with E-state index in [1.165, 1.54) is 6.07 Å². The summed E-state index contributed by atoms with van der Waals surface area (Å²) in [6, 6.07) is 2.58. The molecule has 3 N–H and O–H groups in total. The molecule has 1 aliphatic carbocycles. The van der Waals surface area contributed by atoms with E-state index in [4.69, 9.17) is 4.74 Å². The second-order valence-electron chi connectivity index (χ2n) is 10.8. The molecular weight excluding hydrogens is 432 g/mol. The van der Waals surface area contributed by atoms with Gasteiger partial charge in [0.2, 0.25) is 0 Å². The first kappa shape index (κ1) is 26.3. The van der Waals surface area contributed by atoms with Crippen LogP contribution in [0.5, 0.6) is 11.5 Å². The van der Waals surface area contributed by atoms with E-state index in [1.54, 1.807) is 11.0 Å². The van der Waals surface area contributed by atoms with Crippen molar-refractivity contribution in [2.45, 2.75) is 90.7 Å². The molecule has 1 aromatic carbocycles. The molecule has 1 saturated heterocycles. The number of piperidine rings is 1. The van der Waals surface area contributed by atoms with Crippen LogP contribution in [0.15, 0.2) is 12.1 Å². The number of carbonyl (C=O) groups is 2. The summed E-state index contributed by atoms with van der Waals surface area (Å²) < 4.78 is 5.76. The quantitative estimate of drug-likeness (QED) is 0.454. The zero-order chi connectivity index (χ0) is 24.8. The van der Waals surface area contributed by atoms with Gasteiger partial charge in [-0.3, -0.25) is 9.59 Å². The Hall–Kier alpha value is -2.28. The van der Waals surface area contributed by atoms with Gasteiger partial charge in [-0.05, 0) is 80.9 Å². The Morgan fingerprint density at radius 3 is 2.26 bits per heavy atom. The first-order chi connectivity index (χ1) is 16.2. The second kappa shape index (κ2) is 11.9. The lowest BCUT2D eigenvalue weighted by Crippen LogP contribution is -2.45. The number of aromatic hydroxyl groups is 2. The number of amides is 1. The molecule has 1 saturated carbocycles. The van der Waals surface area contributed by atoms with Crippen LogP contribution in [-0.2, 0) is 9.53 Å². The summed E-state index contributed by atoms with van der Waals surface area (Å²) in [5, 5.41) is 23.8. The van der Waals surface area contributed by atoms with Crippen LogP contribution in [0, 0.1) is 11.8 Å². The van der Waals surface area contributed by atoms with Gasteiger partial charge in [0, 0.05) is 19.2 Å². The van der Waals surface area contributed by atoms with Crippen LogP contribution in [0.1, 0.15) is 94.5 Å². The van der Waals surface area contributed by atoms with Crippen molar-refractivity contribution >= 4 is 11.9 Å². The van der Waals surface area contributed by atoms with Crippen molar-refractivity contribution in [3.63, 3.8) is 0 Å². The average Bonchev–Trinajstić information content (AvgIpc) is 3.29. The molecule has 0 spiro atoms. The van der Waals surface area contributed by atoms with Gasteiger partial charge in [-0.2, -0.15) is 0 Å². The summed E-state index contributed by atoms with van der Waals surface area (Å²) in [7, 11) is 0. The van der Waals surface area contributed by atoms with Crippen LogP contribution in [-0.4, -0.2) is 58.8 Å². The molecule has 34 heavy (non-hydrogen) atoms. The molecule has 7 nitrogen and oxygen atoms in total. The van der Waals surface area contributed by atoms with Crippen LogP contribution in [0.2, 0.25) is 0 Å². The number of phenolic OH excluding ortho intramolecular Hbond substituents is 2. The van der Waals surface area contributed by atoms with Gasteiger partial charge in [0.25, 0.3) is 5.91 Å². The second-order valence-corrected chi connectivity index (χ2v) is 10.8. The average molecular weight is 475 g/mol. The number of ether oxygens (including phenoxy) is 1. The number of benzene rings is 1. The zero-order valence-electron chi connectivity index (χ0n) is 21.2. The van der Waals surface area contributed by atoms with Crippen LogP contribution in [0.4, 0.5) is 0 Å². The minimum absolute atomic E-state index is 0.0104.